The molecule has 9 heteroatoms. The summed E-state index contributed by atoms with van der Waals surface area (Å²) in [5, 5.41) is 26.9. The van der Waals surface area contributed by atoms with Crippen LogP contribution in [0, 0.1) is 0 Å². The van der Waals surface area contributed by atoms with Crippen LogP contribution in [0.25, 0.3) is 0 Å². The summed E-state index contributed by atoms with van der Waals surface area (Å²) >= 11 is 0. The van der Waals surface area contributed by atoms with Gasteiger partial charge in [-0.1, -0.05) is 58.3 Å². The molecule has 8 nitrogen and oxygen atoms in total. The van der Waals surface area contributed by atoms with Gasteiger partial charge in [-0.2, -0.15) is 0 Å². The van der Waals surface area contributed by atoms with Gasteiger partial charge in [0.2, 0.25) is 5.60 Å². The molecule has 0 spiro atoms. The van der Waals surface area contributed by atoms with Gasteiger partial charge in [0, 0.05) is 25.9 Å². The quantitative estimate of drug-likeness (QED) is 0.189. The molecule has 0 saturated carbocycles. The van der Waals surface area contributed by atoms with Gasteiger partial charge in [0.15, 0.2) is 0 Å². The zero-order valence-corrected chi connectivity index (χ0v) is 19.0. The normalized spacial score (nSPS) is 10.7. The Kier molecular flexibility index (Phi) is 16.0. The molecular weight excluding hydrogens is 410 g/mol. The van der Waals surface area contributed by atoms with E-state index in [4.69, 9.17) is 14.9 Å². The van der Waals surface area contributed by atoms with Gasteiger partial charge in [-0.05, 0) is 6.42 Å². The van der Waals surface area contributed by atoms with Gasteiger partial charge in [0.25, 0.3) is 0 Å². The Balaban J connectivity index is 0. The molecule has 0 heterocycles. The molecular formula is C18H30O8Zn. The number of carboxylic acids is 3. The first-order valence-electron chi connectivity index (χ1n) is 9.12. The fourth-order valence-corrected chi connectivity index (χ4v) is 2.67. The van der Waals surface area contributed by atoms with Gasteiger partial charge < -0.3 is 20.1 Å². The van der Waals surface area contributed by atoms with E-state index in [1.165, 1.54) is 25.7 Å². The maximum Gasteiger partial charge on any atom is 0.349 e. The van der Waals surface area contributed by atoms with Crippen LogP contribution in [-0.2, 0) is 43.4 Å². The van der Waals surface area contributed by atoms with Crippen LogP contribution >= 0.6 is 0 Å². The summed E-state index contributed by atoms with van der Waals surface area (Å²) in [5.41, 5.74) is -2.58. The van der Waals surface area contributed by atoms with E-state index in [2.05, 4.69) is 6.92 Å². The maximum atomic E-state index is 11.9. The maximum absolute atomic E-state index is 11.9. The summed E-state index contributed by atoms with van der Waals surface area (Å²) in [5.74, 6) is -5.77. The Morgan fingerprint density at radius 2 is 1.15 bits per heavy atom. The van der Waals surface area contributed by atoms with Crippen LogP contribution < -0.4 is 0 Å². The van der Waals surface area contributed by atoms with Crippen molar-refractivity contribution in [2.24, 2.45) is 0 Å². The summed E-state index contributed by atoms with van der Waals surface area (Å²) in [6.07, 6.45) is 7.03. The number of unbranched alkanes of at least 4 members (excludes halogenated alkanes) is 8. The monoisotopic (exact) mass is 438 g/mol. The predicted octanol–water partition coefficient (Wildman–Crippen LogP) is 3.22. The standard InChI is InChI=1S/C18H30O8.Zn/c1-2-3-4-5-6-7-8-9-10-11-16(23)26-18(17(24)25,12-14(19)20)13-15(21)22;/h2-13H2,1H3,(H,19,20)(H,21,22)(H,24,25);. The van der Waals surface area contributed by atoms with Gasteiger partial charge in [0.05, 0.1) is 12.8 Å². The van der Waals surface area contributed by atoms with Gasteiger partial charge in [-0.25, -0.2) is 4.79 Å². The summed E-state index contributed by atoms with van der Waals surface area (Å²) in [7, 11) is 0. The van der Waals surface area contributed by atoms with Crippen molar-refractivity contribution in [1.82, 2.24) is 0 Å². The molecule has 0 rings (SSSR count). The van der Waals surface area contributed by atoms with Crippen LogP contribution in [0.2, 0.25) is 0 Å². The van der Waals surface area contributed by atoms with Crippen LogP contribution in [0.15, 0.2) is 0 Å². The number of esters is 1. The molecule has 152 valence electrons. The van der Waals surface area contributed by atoms with Gasteiger partial charge in [0.1, 0.15) is 0 Å². The van der Waals surface area contributed by atoms with E-state index < -0.39 is 42.3 Å². The van der Waals surface area contributed by atoms with Crippen molar-refractivity contribution in [2.75, 3.05) is 0 Å². The number of carboxylic acid groups (broad SMARTS) is 3. The van der Waals surface area contributed by atoms with E-state index in [1.807, 2.05) is 0 Å². The molecule has 0 amide bonds. The minimum Gasteiger partial charge on any atom is -0.481 e. The topological polar surface area (TPSA) is 138 Å². The average molecular weight is 440 g/mol. The molecule has 0 radical (unpaired) electrons. The van der Waals surface area contributed by atoms with Crippen molar-refractivity contribution in [3.05, 3.63) is 0 Å². The molecule has 0 aromatic rings. The Morgan fingerprint density at radius 1 is 0.741 bits per heavy atom. The van der Waals surface area contributed by atoms with E-state index in [1.54, 1.807) is 0 Å². The SMILES string of the molecule is CCCCCCCCCCCC(=O)OC(CC(=O)O)(CC(=O)O)C(=O)O.[Zn]. The fourth-order valence-electron chi connectivity index (χ4n) is 2.67. The molecule has 0 saturated heterocycles. The summed E-state index contributed by atoms with van der Waals surface area (Å²) in [6.45, 7) is 2.16. The zero-order valence-electron chi connectivity index (χ0n) is 16.1. The van der Waals surface area contributed by atoms with E-state index in [-0.39, 0.29) is 25.9 Å². The van der Waals surface area contributed by atoms with Crippen molar-refractivity contribution in [1.29, 1.82) is 0 Å². The second kappa shape index (κ2) is 15.6. The molecule has 0 aliphatic heterocycles. The molecule has 0 aliphatic rings. The number of hydrogen-bond acceptors (Lipinski definition) is 5. The van der Waals surface area contributed by atoms with Crippen LogP contribution in [0.3, 0.4) is 0 Å². The van der Waals surface area contributed by atoms with Crippen molar-refractivity contribution in [3.63, 3.8) is 0 Å². The average Bonchev–Trinajstić information content (AvgIpc) is 2.51. The number of aliphatic carboxylic acids is 3. The second-order valence-corrected chi connectivity index (χ2v) is 6.49. The van der Waals surface area contributed by atoms with Crippen LogP contribution in [0.4, 0.5) is 0 Å². The first kappa shape index (κ1) is 27.7. The number of rotatable bonds is 16. The van der Waals surface area contributed by atoms with E-state index in [0.717, 1.165) is 25.7 Å². The Hall–Kier alpha value is -1.50. The molecule has 0 aromatic carbocycles. The predicted molar refractivity (Wildman–Crippen MR) is 92.8 cm³/mol. The van der Waals surface area contributed by atoms with Gasteiger partial charge >= 0.3 is 23.9 Å². The van der Waals surface area contributed by atoms with Crippen molar-refractivity contribution < 1.29 is 58.7 Å². The largest absolute Gasteiger partial charge is 0.481 e. The number of ether oxygens (including phenoxy) is 1. The Labute approximate surface area is 172 Å². The smallest absolute Gasteiger partial charge is 0.349 e. The second-order valence-electron chi connectivity index (χ2n) is 6.49. The van der Waals surface area contributed by atoms with Gasteiger partial charge in [-0.15, -0.1) is 0 Å². The summed E-state index contributed by atoms with van der Waals surface area (Å²) < 4.78 is 4.79. The minimum absolute atomic E-state index is 0. The van der Waals surface area contributed by atoms with E-state index in [9.17, 15) is 24.3 Å². The summed E-state index contributed by atoms with van der Waals surface area (Å²) in [4.78, 5) is 44.9. The van der Waals surface area contributed by atoms with Gasteiger partial charge in [-0.3, -0.25) is 14.4 Å². The molecule has 0 fully saturated rings. The van der Waals surface area contributed by atoms with Crippen molar-refractivity contribution >= 4 is 23.9 Å². The Bertz CT molecular complexity index is 462. The number of hydrogen-bond donors (Lipinski definition) is 3. The third kappa shape index (κ3) is 13.3. The zero-order chi connectivity index (χ0) is 20.0. The third-order valence-corrected chi connectivity index (χ3v) is 4.06. The van der Waals surface area contributed by atoms with Crippen molar-refractivity contribution in [3.8, 4) is 0 Å². The number of carbonyl (C=O) groups excluding carboxylic acids is 1. The first-order valence-corrected chi connectivity index (χ1v) is 9.12. The molecule has 3 N–H and O–H groups in total. The van der Waals surface area contributed by atoms with Crippen LogP contribution in [0.1, 0.15) is 84.0 Å². The molecule has 0 atom stereocenters. The van der Waals surface area contributed by atoms with Crippen molar-refractivity contribution in [2.45, 2.75) is 89.6 Å². The molecule has 0 bridgehead atoms. The molecule has 27 heavy (non-hydrogen) atoms. The minimum atomic E-state index is -2.58. The molecule has 0 unspecified atom stereocenters. The van der Waals surface area contributed by atoms with E-state index in [0.29, 0.717) is 6.42 Å². The molecule has 0 aromatic heterocycles. The molecule has 0 aliphatic carbocycles. The first-order chi connectivity index (χ1) is 12.2. The van der Waals surface area contributed by atoms with E-state index >= 15 is 0 Å². The fraction of sp³-hybridized carbons (Fsp3) is 0.778. The van der Waals surface area contributed by atoms with Crippen LogP contribution in [-0.4, -0.2) is 44.8 Å². The summed E-state index contributed by atoms with van der Waals surface area (Å²) in [6, 6.07) is 0. The third-order valence-electron chi connectivity index (χ3n) is 4.06. The number of carbonyl (C=O) groups is 4. The van der Waals surface area contributed by atoms with Crippen LogP contribution in [0.5, 0.6) is 0 Å². The Morgan fingerprint density at radius 3 is 1.52 bits per heavy atom.